The summed E-state index contributed by atoms with van der Waals surface area (Å²) >= 11 is 0. The van der Waals surface area contributed by atoms with E-state index < -0.39 is 0 Å². The van der Waals surface area contributed by atoms with Gasteiger partial charge in [-0.05, 0) is 23.8 Å². The zero-order chi connectivity index (χ0) is 17.8. The highest BCUT2D eigenvalue weighted by Gasteiger charge is 2.13. The van der Waals surface area contributed by atoms with Crippen molar-refractivity contribution in [2.24, 2.45) is 22.3 Å². The first-order valence-corrected chi connectivity index (χ1v) is 8.26. The standard InChI is InChI=1S/C11H12O.C10H16N2/c1-11(2)6-3-9-5-8-12-10(9)4-7-11;1-10(2)5-3-8(7-11)9(12)4-6-10/h3-8H,1-2H3;3-6H,7,11-12H2,1-2H3. The summed E-state index contributed by atoms with van der Waals surface area (Å²) in [5.41, 5.74) is 14.5. The van der Waals surface area contributed by atoms with Crippen molar-refractivity contribution < 1.29 is 4.42 Å². The van der Waals surface area contributed by atoms with Gasteiger partial charge in [0, 0.05) is 28.6 Å². The molecule has 2 aliphatic carbocycles. The van der Waals surface area contributed by atoms with Crippen molar-refractivity contribution in [1.82, 2.24) is 0 Å². The third kappa shape index (κ3) is 4.87. The predicted octanol–water partition coefficient (Wildman–Crippen LogP) is 4.66. The molecule has 0 amide bonds. The van der Waals surface area contributed by atoms with Gasteiger partial charge >= 0.3 is 0 Å². The Morgan fingerprint density at radius 1 is 0.875 bits per heavy atom. The SMILES string of the molecule is CC1(C)C=CC(N)=C(CN)C=C1.CC1(C)C=Cc2ccoc2C=C1. The van der Waals surface area contributed by atoms with E-state index >= 15 is 0 Å². The van der Waals surface area contributed by atoms with E-state index in [0.717, 1.165) is 22.6 Å². The second kappa shape index (κ2) is 7.10. The van der Waals surface area contributed by atoms with Crippen LogP contribution < -0.4 is 11.5 Å². The summed E-state index contributed by atoms with van der Waals surface area (Å²) in [5.74, 6) is 0.955. The summed E-state index contributed by atoms with van der Waals surface area (Å²) in [6.07, 6.45) is 18.3. The number of fused-ring (bicyclic) bond motifs is 1. The molecule has 1 heterocycles. The summed E-state index contributed by atoms with van der Waals surface area (Å²) in [6, 6.07) is 1.98. The maximum absolute atomic E-state index is 5.77. The lowest BCUT2D eigenvalue weighted by atomic mass is 9.93. The van der Waals surface area contributed by atoms with Gasteiger partial charge in [0.05, 0.1) is 6.26 Å². The summed E-state index contributed by atoms with van der Waals surface area (Å²) in [5, 5.41) is 0. The third-order valence-electron chi connectivity index (χ3n) is 4.08. The lowest BCUT2D eigenvalue weighted by molar-refractivity contribution is 0.555. The van der Waals surface area contributed by atoms with E-state index in [1.54, 1.807) is 6.26 Å². The summed E-state index contributed by atoms with van der Waals surface area (Å²) < 4.78 is 5.29. The van der Waals surface area contributed by atoms with Crippen LogP contribution >= 0.6 is 0 Å². The van der Waals surface area contributed by atoms with Crippen LogP contribution in [0.4, 0.5) is 0 Å². The summed E-state index contributed by atoms with van der Waals surface area (Å²) in [7, 11) is 0. The Labute approximate surface area is 145 Å². The van der Waals surface area contributed by atoms with Crippen molar-refractivity contribution in [2.75, 3.05) is 6.54 Å². The summed E-state index contributed by atoms with van der Waals surface area (Å²) in [6.45, 7) is 9.11. The molecule has 128 valence electrons. The van der Waals surface area contributed by atoms with E-state index in [9.17, 15) is 0 Å². The van der Waals surface area contributed by atoms with Crippen molar-refractivity contribution in [2.45, 2.75) is 27.7 Å². The maximum atomic E-state index is 5.77. The largest absolute Gasteiger partial charge is 0.464 e. The monoisotopic (exact) mass is 324 g/mol. The van der Waals surface area contributed by atoms with Gasteiger partial charge in [-0.2, -0.15) is 0 Å². The van der Waals surface area contributed by atoms with E-state index in [2.05, 4.69) is 58.1 Å². The smallest absolute Gasteiger partial charge is 0.133 e. The average Bonchev–Trinajstić information content (AvgIpc) is 2.86. The topological polar surface area (TPSA) is 65.2 Å². The zero-order valence-electron chi connectivity index (χ0n) is 15.0. The van der Waals surface area contributed by atoms with Gasteiger partial charge in [0.25, 0.3) is 0 Å². The van der Waals surface area contributed by atoms with Gasteiger partial charge in [-0.25, -0.2) is 0 Å². The Morgan fingerprint density at radius 2 is 1.46 bits per heavy atom. The Morgan fingerprint density at radius 3 is 2.12 bits per heavy atom. The maximum Gasteiger partial charge on any atom is 0.133 e. The molecular formula is C21H28N2O. The minimum Gasteiger partial charge on any atom is -0.464 e. The van der Waals surface area contributed by atoms with Gasteiger partial charge in [0.1, 0.15) is 5.76 Å². The molecule has 2 aliphatic rings. The minimum atomic E-state index is 0.0849. The van der Waals surface area contributed by atoms with Gasteiger partial charge in [-0.1, -0.05) is 64.2 Å². The number of hydrogen-bond donors (Lipinski definition) is 2. The number of rotatable bonds is 1. The Hall–Kier alpha value is -2.26. The number of furan rings is 1. The highest BCUT2D eigenvalue weighted by atomic mass is 16.3. The van der Waals surface area contributed by atoms with Gasteiger partial charge in [-0.15, -0.1) is 0 Å². The quantitative estimate of drug-likeness (QED) is 0.790. The van der Waals surface area contributed by atoms with Crippen LogP contribution in [0.2, 0.25) is 0 Å². The van der Waals surface area contributed by atoms with Crippen LogP contribution in [0.15, 0.2) is 64.5 Å². The van der Waals surface area contributed by atoms with Crippen LogP contribution in [-0.4, -0.2) is 6.54 Å². The Bertz CT molecular complexity index is 694. The highest BCUT2D eigenvalue weighted by Crippen LogP contribution is 2.27. The Kier molecular flexibility index (Phi) is 5.35. The van der Waals surface area contributed by atoms with E-state index in [1.807, 2.05) is 24.3 Å². The third-order valence-corrected chi connectivity index (χ3v) is 4.08. The molecule has 0 atom stereocenters. The van der Waals surface area contributed by atoms with E-state index in [1.165, 1.54) is 0 Å². The molecule has 0 bridgehead atoms. The second-order valence-electron chi connectivity index (χ2n) is 7.40. The number of allylic oxidation sites excluding steroid dienone is 5. The molecule has 4 N–H and O–H groups in total. The van der Waals surface area contributed by atoms with Gasteiger partial charge in [0.2, 0.25) is 0 Å². The molecule has 3 nitrogen and oxygen atoms in total. The molecule has 1 aromatic heterocycles. The van der Waals surface area contributed by atoms with Gasteiger partial charge in [0.15, 0.2) is 0 Å². The van der Waals surface area contributed by atoms with Gasteiger partial charge < -0.3 is 15.9 Å². The second-order valence-corrected chi connectivity index (χ2v) is 7.40. The van der Waals surface area contributed by atoms with Crippen LogP contribution in [0.25, 0.3) is 12.2 Å². The lowest BCUT2D eigenvalue weighted by Gasteiger charge is -2.12. The molecule has 0 saturated heterocycles. The fourth-order valence-electron chi connectivity index (χ4n) is 2.32. The van der Waals surface area contributed by atoms with Crippen LogP contribution in [0, 0.1) is 10.8 Å². The molecule has 0 saturated carbocycles. The number of nitrogens with two attached hydrogens (primary N) is 2. The molecule has 0 radical (unpaired) electrons. The first-order chi connectivity index (χ1) is 11.2. The van der Waals surface area contributed by atoms with Crippen molar-refractivity contribution >= 4 is 12.2 Å². The summed E-state index contributed by atoms with van der Waals surface area (Å²) in [4.78, 5) is 0. The first kappa shape index (κ1) is 18.1. The van der Waals surface area contributed by atoms with Gasteiger partial charge in [-0.3, -0.25) is 0 Å². The first-order valence-electron chi connectivity index (χ1n) is 8.26. The predicted molar refractivity (Wildman–Crippen MR) is 103 cm³/mol. The molecule has 3 rings (SSSR count). The molecule has 3 heteroatoms. The Balaban J connectivity index is 0.000000174. The normalized spacial score (nSPS) is 20.0. The van der Waals surface area contributed by atoms with Crippen LogP contribution in [0.1, 0.15) is 39.0 Å². The van der Waals surface area contributed by atoms with Crippen molar-refractivity contribution in [3.8, 4) is 0 Å². The highest BCUT2D eigenvalue weighted by molar-refractivity contribution is 5.64. The molecule has 0 unspecified atom stereocenters. The van der Waals surface area contributed by atoms with Crippen LogP contribution in [-0.2, 0) is 0 Å². The average molecular weight is 324 g/mol. The van der Waals surface area contributed by atoms with E-state index in [0.29, 0.717) is 6.54 Å². The van der Waals surface area contributed by atoms with Crippen LogP contribution in [0.3, 0.4) is 0 Å². The van der Waals surface area contributed by atoms with E-state index in [4.69, 9.17) is 15.9 Å². The van der Waals surface area contributed by atoms with Crippen LogP contribution in [0.5, 0.6) is 0 Å². The fourth-order valence-corrected chi connectivity index (χ4v) is 2.32. The fraction of sp³-hybridized carbons (Fsp3) is 0.333. The molecular weight excluding hydrogens is 296 g/mol. The van der Waals surface area contributed by atoms with Crippen molar-refractivity contribution in [3.63, 3.8) is 0 Å². The molecule has 0 aliphatic heterocycles. The molecule has 0 spiro atoms. The van der Waals surface area contributed by atoms with E-state index in [-0.39, 0.29) is 10.8 Å². The number of hydrogen-bond acceptors (Lipinski definition) is 3. The minimum absolute atomic E-state index is 0.0849. The van der Waals surface area contributed by atoms with Crippen molar-refractivity contribution in [3.05, 3.63) is 71.4 Å². The zero-order valence-corrected chi connectivity index (χ0v) is 15.0. The molecule has 0 fully saturated rings. The van der Waals surface area contributed by atoms with Crippen molar-refractivity contribution in [1.29, 1.82) is 0 Å². The molecule has 0 aromatic carbocycles. The molecule has 1 aromatic rings. The molecule has 24 heavy (non-hydrogen) atoms. The lowest BCUT2D eigenvalue weighted by Crippen LogP contribution is -2.07.